The monoisotopic (exact) mass is 347 g/mol. The largest absolute Gasteiger partial charge is 0.481 e. The van der Waals surface area contributed by atoms with Gasteiger partial charge >= 0.3 is 5.97 Å². The molecule has 0 radical (unpaired) electrons. The predicted molar refractivity (Wildman–Crippen MR) is 89.5 cm³/mol. The van der Waals surface area contributed by atoms with Crippen LogP contribution < -0.4 is 5.32 Å². The molecule has 2 atom stereocenters. The zero-order chi connectivity index (χ0) is 17.3. The number of aromatic nitrogens is 2. The van der Waals surface area contributed by atoms with Crippen molar-refractivity contribution < 1.29 is 14.7 Å². The Balaban J connectivity index is 1.72. The van der Waals surface area contributed by atoms with Crippen molar-refractivity contribution in [3.8, 4) is 5.69 Å². The Bertz CT molecular complexity index is 770. The lowest BCUT2D eigenvalue weighted by atomic mass is 10.1. The molecule has 1 aromatic carbocycles. The Morgan fingerprint density at radius 1 is 1.29 bits per heavy atom. The van der Waals surface area contributed by atoms with E-state index in [1.807, 2.05) is 12.1 Å². The third-order valence-electron chi connectivity index (χ3n) is 4.35. The van der Waals surface area contributed by atoms with E-state index in [0.717, 1.165) is 5.69 Å². The van der Waals surface area contributed by atoms with Crippen LogP contribution in [0.5, 0.6) is 0 Å². The molecule has 3 rings (SSSR count). The summed E-state index contributed by atoms with van der Waals surface area (Å²) in [6, 6.07) is 7.07. The van der Waals surface area contributed by atoms with Crippen LogP contribution in [0.4, 0.5) is 0 Å². The van der Waals surface area contributed by atoms with Gasteiger partial charge in [0.15, 0.2) is 0 Å². The molecule has 2 aromatic rings. The first-order chi connectivity index (χ1) is 11.4. The Morgan fingerprint density at radius 3 is 2.62 bits per heavy atom. The van der Waals surface area contributed by atoms with Gasteiger partial charge in [0.2, 0.25) is 0 Å². The highest BCUT2D eigenvalue weighted by molar-refractivity contribution is 6.30. The molecule has 0 spiro atoms. The van der Waals surface area contributed by atoms with Crippen molar-refractivity contribution in [2.75, 3.05) is 0 Å². The zero-order valence-corrected chi connectivity index (χ0v) is 14.0. The molecule has 0 unspecified atom stereocenters. The fourth-order valence-corrected chi connectivity index (χ4v) is 3.14. The van der Waals surface area contributed by atoms with Crippen LogP contribution in [0.1, 0.15) is 35.3 Å². The molecule has 24 heavy (non-hydrogen) atoms. The highest BCUT2D eigenvalue weighted by Gasteiger charge is 2.31. The number of aliphatic carboxylic acids is 1. The molecule has 1 aliphatic rings. The normalized spacial score (nSPS) is 20.1. The van der Waals surface area contributed by atoms with Gasteiger partial charge in [-0.05, 0) is 50.5 Å². The summed E-state index contributed by atoms with van der Waals surface area (Å²) in [6.07, 6.45) is 3.44. The summed E-state index contributed by atoms with van der Waals surface area (Å²) in [6.45, 7) is 1.77. The van der Waals surface area contributed by atoms with Gasteiger partial charge in [-0.25, -0.2) is 4.68 Å². The second kappa shape index (κ2) is 6.65. The van der Waals surface area contributed by atoms with E-state index in [1.165, 1.54) is 0 Å². The zero-order valence-electron chi connectivity index (χ0n) is 13.2. The van der Waals surface area contributed by atoms with Crippen LogP contribution in [0.3, 0.4) is 0 Å². The molecule has 6 nitrogen and oxygen atoms in total. The number of carboxylic acids is 1. The number of hydrogen-bond donors (Lipinski definition) is 2. The maximum atomic E-state index is 12.5. The summed E-state index contributed by atoms with van der Waals surface area (Å²) in [5.41, 5.74) is 1.92. The number of aryl methyl sites for hydroxylation is 1. The lowest BCUT2D eigenvalue weighted by molar-refractivity contribution is -0.141. The van der Waals surface area contributed by atoms with Crippen LogP contribution in [0.25, 0.3) is 5.69 Å². The molecule has 0 saturated heterocycles. The van der Waals surface area contributed by atoms with Gasteiger partial charge in [-0.2, -0.15) is 5.10 Å². The summed E-state index contributed by atoms with van der Waals surface area (Å²) in [4.78, 5) is 23.5. The molecule has 7 heteroatoms. The molecule has 1 aromatic heterocycles. The summed E-state index contributed by atoms with van der Waals surface area (Å²) in [5.74, 6) is -1.38. The quantitative estimate of drug-likeness (QED) is 0.890. The van der Waals surface area contributed by atoms with Gasteiger partial charge in [-0.15, -0.1) is 0 Å². The van der Waals surface area contributed by atoms with Crippen LogP contribution >= 0.6 is 11.6 Å². The van der Waals surface area contributed by atoms with E-state index in [0.29, 0.717) is 35.5 Å². The number of rotatable bonds is 4. The molecular formula is C17H18ClN3O3. The van der Waals surface area contributed by atoms with E-state index in [2.05, 4.69) is 10.4 Å². The van der Waals surface area contributed by atoms with Crippen molar-refractivity contribution in [2.45, 2.75) is 32.2 Å². The smallest absolute Gasteiger partial charge is 0.306 e. The van der Waals surface area contributed by atoms with Crippen LogP contribution in [0.2, 0.25) is 5.02 Å². The number of carbonyl (C=O) groups excluding carboxylic acids is 1. The van der Waals surface area contributed by atoms with Gasteiger partial charge in [0.25, 0.3) is 5.91 Å². The van der Waals surface area contributed by atoms with Crippen LogP contribution in [-0.4, -0.2) is 32.8 Å². The predicted octanol–water partition coefficient (Wildman–Crippen LogP) is 2.82. The van der Waals surface area contributed by atoms with E-state index in [4.69, 9.17) is 16.7 Å². The van der Waals surface area contributed by atoms with E-state index >= 15 is 0 Å². The number of benzene rings is 1. The molecule has 1 fully saturated rings. The average molecular weight is 348 g/mol. The third kappa shape index (κ3) is 3.43. The standard InChI is InChI=1S/C17H18ClN3O3/c1-10-15(9-21(20-10)14-6-3-12(18)4-7-14)16(22)19-13-5-2-11(8-13)17(23)24/h3-4,6-7,9,11,13H,2,5,8H2,1H3,(H,19,22)(H,23,24)/t11-,13+/m1/s1. The molecular weight excluding hydrogens is 330 g/mol. The Morgan fingerprint density at radius 2 is 2.00 bits per heavy atom. The summed E-state index contributed by atoms with van der Waals surface area (Å²) in [5, 5.41) is 17.0. The van der Waals surface area contributed by atoms with Crippen LogP contribution in [0, 0.1) is 12.8 Å². The molecule has 1 amide bonds. The Hall–Kier alpha value is -2.34. The Labute approximate surface area is 144 Å². The minimum absolute atomic E-state index is 0.100. The van der Waals surface area contributed by atoms with Crippen molar-refractivity contribution in [3.63, 3.8) is 0 Å². The van der Waals surface area contributed by atoms with Crippen molar-refractivity contribution in [1.82, 2.24) is 15.1 Å². The van der Waals surface area contributed by atoms with Gasteiger partial charge in [-0.1, -0.05) is 11.6 Å². The Kier molecular flexibility index (Phi) is 4.57. The number of halogens is 1. The number of amides is 1. The number of nitrogens with one attached hydrogen (secondary N) is 1. The minimum atomic E-state index is -0.793. The fourth-order valence-electron chi connectivity index (χ4n) is 3.01. The van der Waals surface area contributed by atoms with Crippen molar-refractivity contribution >= 4 is 23.5 Å². The van der Waals surface area contributed by atoms with E-state index in [9.17, 15) is 9.59 Å². The second-order valence-corrected chi connectivity index (χ2v) is 6.50. The molecule has 126 valence electrons. The molecule has 0 aliphatic heterocycles. The van der Waals surface area contributed by atoms with Crippen molar-refractivity contribution in [1.29, 1.82) is 0 Å². The maximum Gasteiger partial charge on any atom is 0.306 e. The number of hydrogen-bond acceptors (Lipinski definition) is 3. The van der Waals surface area contributed by atoms with E-state index < -0.39 is 5.97 Å². The van der Waals surface area contributed by atoms with E-state index in [1.54, 1.807) is 29.9 Å². The second-order valence-electron chi connectivity index (χ2n) is 6.07. The number of nitrogens with zero attached hydrogens (tertiary/aromatic N) is 2. The lowest BCUT2D eigenvalue weighted by Gasteiger charge is -2.11. The molecule has 2 N–H and O–H groups in total. The van der Waals surface area contributed by atoms with Crippen LogP contribution in [-0.2, 0) is 4.79 Å². The minimum Gasteiger partial charge on any atom is -0.481 e. The third-order valence-corrected chi connectivity index (χ3v) is 4.60. The highest BCUT2D eigenvalue weighted by atomic mass is 35.5. The molecule has 1 heterocycles. The van der Waals surface area contributed by atoms with Gasteiger partial charge < -0.3 is 10.4 Å². The van der Waals surface area contributed by atoms with Crippen molar-refractivity contribution in [3.05, 3.63) is 46.7 Å². The number of carboxylic acid groups (broad SMARTS) is 1. The molecule has 1 aliphatic carbocycles. The summed E-state index contributed by atoms with van der Waals surface area (Å²) >= 11 is 5.88. The summed E-state index contributed by atoms with van der Waals surface area (Å²) < 4.78 is 1.63. The van der Waals surface area contributed by atoms with Crippen LogP contribution in [0.15, 0.2) is 30.5 Å². The van der Waals surface area contributed by atoms with Gasteiger partial charge in [0, 0.05) is 17.3 Å². The van der Waals surface area contributed by atoms with Gasteiger partial charge in [0.05, 0.1) is 22.9 Å². The fraction of sp³-hybridized carbons (Fsp3) is 0.353. The lowest BCUT2D eigenvalue weighted by Crippen LogP contribution is -2.33. The first kappa shape index (κ1) is 16.5. The SMILES string of the molecule is Cc1nn(-c2ccc(Cl)cc2)cc1C(=O)N[C@H]1CC[C@@H](C(=O)O)C1. The van der Waals surface area contributed by atoms with Crippen molar-refractivity contribution in [2.24, 2.45) is 5.92 Å². The molecule has 0 bridgehead atoms. The first-order valence-electron chi connectivity index (χ1n) is 7.80. The highest BCUT2D eigenvalue weighted by Crippen LogP contribution is 2.26. The molecule has 1 saturated carbocycles. The topological polar surface area (TPSA) is 84.2 Å². The first-order valence-corrected chi connectivity index (χ1v) is 8.17. The van der Waals surface area contributed by atoms with E-state index in [-0.39, 0.29) is 17.9 Å². The van der Waals surface area contributed by atoms with Gasteiger partial charge in [-0.3, -0.25) is 9.59 Å². The average Bonchev–Trinajstić information content (AvgIpc) is 3.15. The van der Waals surface area contributed by atoms with Gasteiger partial charge in [0.1, 0.15) is 0 Å². The number of carbonyl (C=O) groups is 2. The summed E-state index contributed by atoms with van der Waals surface area (Å²) in [7, 11) is 0. The maximum absolute atomic E-state index is 12.5.